The number of nitrogens with zero attached hydrogens (tertiary/aromatic N) is 5. The normalized spacial score (nSPS) is 18.0. The zero-order chi connectivity index (χ0) is 19.7. The van der Waals surface area contributed by atoms with Crippen molar-refractivity contribution in [2.45, 2.75) is 38.6 Å². The molecule has 4 rings (SSSR count). The van der Waals surface area contributed by atoms with Gasteiger partial charge in [0.05, 0.1) is 18.2 Å². The van der Waals surface area contributed by atoms with Gasteiger partial charge < -0.3 is 10.6 Å². The first-order chi connectivity index (χ1) is 13.6. The molecule has 28 heavy (non-hydrogen) atoms. The van der Waals surface area contributed by atoms with Crippen LogP contribution in [0.1, 0.15) is 42.0 Å². The largest absolute Gasteiger partial charge is 0.341 e. The number of aryl methyl sites for hydroxylation is 1. The Morgan fingerprint density at radius 3 is 2.75 bits per heavy atom. The molecule has 2 aromatic heterocycles. The highest BCUT2D eigenvalue weighted by Crippen LogP contribution is 2.32. The van der Waals surface area contributed by atoms with Crippen LogP contribution in [0.15, 0.2) is 36.7 Å². The van der Waals surface area contributed by atoms with E-state index in [1.54, 1.807) is 12.4 Å². The lowest BCUT2D eigenvalue weighted by Crippen LogP contribution is -2.32. The maximum absolute atomic E-state index is 13.0. The first-order valence-corrected chi connectivity index (χ1v) is 9.81. The fourth-order valence-electron chi connectivity index (χ4n) is 3.93. The number of hydrogen-bond acceptors (Lipinski definition) is 5. The first kappa shape index (κ1) is 18.6. The SMILES string of the molecule is Cc1ccc(C(C)C(=O)N2CCC(c3nn(CCN)c4nccnc34)C2)cc1. The molecule has 3 aromatic rings. The molecule has 1 amide bonds. The van der Waals surface area contributed by atoms with Crippen molar-refractivity contribution in [3.05, 3.63) is 53.5 Å². The molecule has 1 saturated heterocycles. The number of carbonyl (C=O) groups is 1. The van der Waals surface area contributed by atoms with E-state index in [1.807, 2.05) is 28.6 Å². The Bertz CT molecular complexity index is 980. The second-order valence-electron chi connectivity index (χ2n) is 7.53. The van der Waals surface area contributed by atoms with Crippen LogP contribution in [0.4, 0.5) is 0 Å². The van der Waals surface area contributed by atoms with Gasteiger partial charge >= 0.3 is 0 Å². The Morgan fingerprint density at radius 1 is 1.25 bits per heavy atom. The van der Waals surface area contributed by atoms with E-state index in [-0.39, 0.29) is 17.7 Å². The molecule has 2 N–H and O–H groups in total. The average Bonchev–Trinajstić information content (AvgIpc) is 3.33. The Balaban J connectivity index is 1.53. The van der Waals surface area contributed by atoms with E-state index in [0.717, 1.165) is 35.4 Å². The molecule has 1 fully saturated rings. The second kappa shape index (κ2) is 7.67. The van der Waals surface area contributed by atoms with E-state index in [0.29, 0.717) is 19.6 Å². The predicted molar refractivity (Wildman–Crippen MR) is 108 cm³/mol. The van der Waals surface area contributed by atoms with Crippen molar-refractivity contribution in [2.24, 2.45) is 5.73 Å². The van der Waals surface area contributed by atoms with Gasteiger partial charge in [-0.2, -0.15) is 5.10 Å². The van der Waals surface area contributed by atoms with E-state index in [2.05, 4.69) is 29.0 Å². The minimum atomic E-state index is -0.148. The number of likely N-dealkylation sites (tertiary alicyclic amines) is 1. The van der Waals surface area contributed by atoms with Gasteiger partial charge in [0.1, 0.15) is 5.52 Å². The summed E-state index contributed by atoms with van der Waals surface area (Å²) in [5, 5.41) is 4.74. The van der Waals surface area contributed by atoms with Crippen LogP contribution in [-0.2, 0) is 11.3 Å². The fourth-order valence-corrected chi connectivity index (χ4v) is 3.93. The van der Waals surface area contributed by atoms with Crippen molar-refractivity contribution in [1.29, 1.82) is 0 Å². The molecule has 3 heterocycles. The Morgan fingerprint density at radius 2 is 2.00 bits per heavy atom. The van der Waals surface area contributed by atoms with Crippen LogP contribution >= 0.6 is 0 Å². The van der Waals surface area contributed by atoms with Crippen molar-refractivity contribution in [3.63, 3.8) is 0 Å². The van der Waals surface area contributed by atoms with E-state index in [1.165, 1.54) is 5.56 Å². The molecular formula is C21H26N6O. The van der Waals surface area contributed by atoms with Crippen LogP contribution < -0.4 is 5.73 Å². The van der Waals surface area contributed by atoms with Crippen molar-refractivity contribution in [2.75, 3.05) is 19.6 Å². The molecule has 1 aliphatic rings. The molecule has 1 aromatic carbocycles. The Kier molecular flexibility index (Phi) is 5.09. The number of carbonyl (C=O) groups excluding carboxylic acids is 1. The predicted octanol–water partition coefficient (Wildman–Crippen LogP) is 2.21. The van der Waals surface area contributed by atoms with Gasteiger partial charge in [0, 0.05) is 37.9 Å². The third kappa shape index (κ3) is 3.38. The van der Waals surface area contributed by atoms with Crippen LogP contribution in [0.5, 0.6) is 0 Å². The summed E-state index contributed by atoms with van der Waals surface area (Å²) < 4.78 is 1.83. The monoisotopic (exact) mass is 378 g/mol. The van der Waals surface area contributed by atoms with Crippen molar-refractivity contribution < 1.29 is 4.79 Å². The Labute approximate surface area is 164 Å². The quantitative estimate of drug-likeness (QED) is 0.735. The third-order valence-electron chi connectivity index (χ3n) is 5.57. The average molecular weight is 378 g/mol. The van der Waals surface area contributed by atoms with Crippen molar-refractivity contribution >= 4 is 17.1 Å². The number of nitrogens with two attached hydrogens (primary N) is 1. The van der Waals surface area contributed by atoms with Crippen LogP contribution in [0.2, 0.25) is 0 Å². The van der Waals surface area contributed by atoms with Gasteiger partial charge in [0.2, 0.25) is 5.91 Å². The number of fused-ring (bicyclic) bond motifs is 1. The molecule has 0 saturated carbocycles. The summed E-state index contributed by atoms with van der Waals surface area (Å²) in [5.74, 6) is 0.196. The van der Waals surface area contributed by atoms with Gasteiger partial charge in [0.15, 0.2) is 5.65 Å². The number of benzene rings is 1. The molecular weight excluding hydrogens is 352 g/mol. The molecule has 146 valence electrons. The maximum Gasteiger partial charge on any atom is 0.229 e. The van der Waals surface area contributed by atoms with Crippen LogP contribution in [0.25, 0.3) is 11.2 Å². The molecule has 0 bridgehead atoms. The number of rotatable bonds is 5. The number of amides is 1. The Hall–Kier alpha value is -2.80. The summed E-state index contributed by atoms with van der Waals surface area (Å²) in [6.07, 6.45) is 4.25. The van der Waals surface area contributed by atoms with E-state index >= 15 is 0 Å². The van der Waals surface area contributed by atoms with E-state index in [4.69, 9.17) is 10.8 Å². The van der Waals surface area contributed by atoms with Gasteiger partial charge in [-0.15, -0.1) is 0 Å². The second-order valence-corrected chi connectivity index (χ2v) is 7.53. The minimum Gasteiger partial charge on any atom is -0.341 e. The summed E-state index contributed by atoms with van der Waals surface area (Å²) in [5.41, 5.74) is 10.5. The zero-order valence-corrected chi connectivity index (χ0v) is 16.4. The minimum absolute atomic E-state index is 0.148. The first-order valence-electron chi connectivity index (χ1n) is 9.81. The van der Waals surface area contributed by atoms with Crippen LogP contribution in [0.3, 0.4) is 0 Å². The summed E-state index contributed by atoms with van der Waals surface area (Å²) in [6, 6.07) is 8.20. The topological polar surface area (TPSA) is 89.9 Å². The summed E-state index contributed by atoms with van der Waals surface area (Å²) in [7, 11) is 0. The van der Waals surface area contributed by atoms with Crippen molar-refractivity contribution in [3.8, 4) is 0 Å². The van der Waals surface area contributed by atoms with E-state index < -0.39 is 0 Å². The highest BCUT2D eigenvalue weighted by molar-refractivity contribution is 5.84. The van der Waals surface area contributed by atoms with E-state index in [9.17, 15) is 4.79 Å². The lowest BCUT2D eigenvalue weighted by atomic mass is 9.98. The summed E-state index contributed by atoms with van der Waals surface area (Å²) >= 11 is 0. The number of aromatic nitrogens is 4. The summed E-state index contributed by atoms with van der Waals surface area (Å²) in [6.45, 7) is 6.55. The fraction of sp³-hybridized carbons (Fsp3) is 0.429. The molecule has 7 heteroatoms. The third-order valence-corrected chi connectivity index (χ3v) is 5.57. The molecule has 1 aliphatic heterocycles. The molecule has 2 unspecified atom stereocenters. The zero-order valence-electron chi connectivity index (χ0n) is 16.4. The van der Waals surface area contributed by atoms with Crippen LogP contribution in [0, 0.1) is 6.92 Å². The van der Waals surface area contributed by atoms with Crippen molar-refractivity contribution in [1.82, 2.24) is 24.6 Å². The van der Waals surface area contributed by atoms with Gasteiger partial charge in [0.25, 0.3) is 0 Å². The van der Waals surface area contributed by atoms with Gasteiger partial charge in [-0.1, -0.05) is 29.8 Å². The lowest BCUT2D eigenvalue weighted by Gasteiger charge is -2.21. The van der Waals surface area contributed by atoms with Crippen LogP contribution in [-0.4, -0.2) is 50.2 Å². The highest BCUT2D eigenvalue weighted by Gasteiger charge is 2.33. The highest BCUT2D eigenvalue weighted by atomic mass is 16.2. The molecule has 0 radical (unpaired) electrons. The van der Waals surface area contributed by atoms with Gasteiger partial charge in [-0.25, -0.2) is 14.6 Å². The van der Waals surface area contributed by atoms with Gasteiger partial charge in [-0.3, -0.25) is 4.79 Å². The summed E-state index contributed by atoms with van der Waals surface area (Å²) in [4.78, 5) is 23.9. The lowest BCUT2D eigenvalue weighted by molar-refractivity contribution is -0.131. The maximum atomic E-state index is 13.0. The standard InChI is InChI=1S/C21H26N6O/c1-14-3-5-16(6-4-14)15(2)21(28)26-11-7-17(13-26)18-19-20(24-10-9-23-19)27(25-18)12-8-22/h3-6,9-10,15,17H,7-8,11-13,22H2,1-2H3. The van der Waals surface area contributed by atoms with Gasteiger partial charge in [-0.05, 0) is 25.8 Å². The number of hydrogen-bond donors (Lipinski definition) is 1. The molecule has 0 spiro atoms. The molecule has 2 atom stereocenters. The molecule has 7 nitrogen and oxygen atoms in total. The molecule has 0 aliphatic carbocycles. The smallest absolute Gasteiger partial charge is 0.229 e.